The SMILES string of the molecule is CCN(CC(=O)O)C1CCN(Cc2nc(-c3cccc(C)c3)no2)CC1.Cl. The molecule has 2 aromatic rings. The van der Waals surface area contributed by atoms with Gasteiger partial charge in [0.05, 0.1) is 13.1 Å². The lowest BCUT2D eigenvalue weighted by Gasteiger charge is -2.36. The molecule has 0 unspecified atom stereocenters. The highest BCUT2D eigenvalue weighted by Crippen LogP contribution is 2.20. The van der Waals surface area contributed by atoms with Gasteiger partial charge in [0, 0.05) is 24.7 Å². The molecule has 0 amide bonds. The first-order valence-electron chi connectivity index (χ1n) is 9.13. The molecule has 3 rings (SSSR count). The van der Waals surface area contributed by atoms with Gasteiger partial charge in [-0.25, -0.2) is 0 Å². The van der Waals surface area contributed by atoms with Gasteiger partial charge < -0.3 is 9.63 Å². The van der Waals surface area contributed by atoms with Crippen LogP contribution in [0.2, 0.25) is 0 Å². The molecule has 1 N–H and O–H groups in total. The molecule has 148 valence electrons. The lowest BCUT2D eigenvalue weighted by molar-refractivity contribution is -0.139. The van der Waals surface area contributed by atoms with Gasteiger partial charge in [0.1, 0.15) is 0 Å². The van der Waals surface area contributed by atoms with Gasteiger partial charge in [0.2, 0.25) is 11.7 Å². The van der Waals surface area contributed by atoms with Crippen molar-refractivity contribution in [1.29, 1.82) is 0 Å². The molecule has 7 nitrogen and oxygen atoms in total. The van der Waals surface area contributed by atoms with Crippen molar-refractivity contribution in [2.45, 2.75) is 39.3 Å². The summed E-state index contributed by atoms with van der Waals surface area (Å²) in [6, 6.07) is 8.38. The summed E-state index contributed by atoms with van der Waals surface area (Å²) in [6.07, 6.45) is 1.92. The molecule has 1 aromatic carbocycles. The number of nitrogens with zero attached hydrogens (tertiary/aromatic N) is 4. The summed E-state index contributed by atoms with van der Waals surface area (Å²) < 4.78 is 5.42. The van der Waals surface area contributed by atoms with E-state index in [9.17, 15) is 4.79 Å². The summed E-state index contributed by atoms with van der Waals surface area (Å²) in [5.41, 5.74) is 2.13. The van der Waals surface area contributed by atoms with Crippen molar-refractivity contribution < 1.29 is 14.4 Å². The first-order chi connectivity index (χ1) is 12.5. The van der Waals surface area contributed by atoms with Crippen LogP contribution >= 0.6 is 12.4 Å². The normalized spacial score (nSPS) is 15.7. The molecule has 0 aliphatic carbocycles. The Morgan fingerprint density at radius 1 is 1.37 bits per heavy atom. The summed E-state index contributed by atoms with van der Waals surface area (Å²) in [6.45, 7) is 7.38. The fourth-order valence-corrected chi connectivity index (χ4v) is 3.53. The Balaban J connectivity index is 0.00000261. The Morgan fingerprint density at radius 2 is 2.11 bits per heavy atom. The van der Waals surface area contributed by atoms with Gasteiger partial charge in [-0.1, -0.05) is 35.8 Å². The van der Waals surface area contributed by atoms with E-state index in [4.69, 9.17) is 9.63 Å². The van der Waals surface area contributed by atoms with E-state index in [2.05, 4.69) is 15.0 Å². The highest BCUT2D eigenvalue weighted by atomic mass is 35.5. The van der Waals surface area contributed by atoms with Gasteiger partial charge in [0.25, 0.3) is 0 Å². The standard InChI is InChI=1S/C19H26N4O3.ClH/c1-3-23(13-18(24)25)16-7-9-22(10-8-16)12-17-20-19(21-26-17)15-6-4-5-14(2)11-15;/h4-6,11,16H,3,7-10,12-13H2,1-2H3,(H,24,25);1H. The Kier molecular flexibility index (Phi) is 7.77. The fourth-order valence-electron chi connectivity index (χ4n) is 3.53. The quantitative estimate of drug-likeness (QED) is 0.773. The molecule has 8 heteroatoms. The van der Waals surface area contributed by atoms with Gasteiger partial charge in [-0.2, -0.15) is 4.98 Å². The predicted molar refractivity (Wildman–Crippen MR) is 105 cm³/mol. The fraction of sp³-hybridized carbons (Fsp3) is 0.526. The number of likely N-dealkylation sites (N-methyl/N-ethyl adjacent to an activating group) is 1. The van der Waals surface area contributed by atoms with Gasteiger partial charge >= 0.3 is 5.97 Å². The number of halogens is 1. The minimum atomic E-state index is -0.760. The number of aryl methyl sites for hydroxylation is 1. The van der Waals surface area contributed by atoms with Crippen molar-refractivity contribution in [2.75, 3.05) is 26.2 Å². The van der Waals surface area contributed by atoms with Gasteiger partial charge in [-0.05, 0) is 32.4 Å². The minimum absolute atomic E-state index is 0. The summed E-state index contributed by atoms with van der Waals surface area (Å²) in [4.78, 5) is 19.8. The summed E-state index contributed by atoms with van der Waals surface area (Å²) >= 11 is 0. The summed E-state index contributed by atoms with van der Waals surface area (Å²) in [5, 5.41) is 13.1. The van der Waals surface area contributed by atoms with Crippen LogP contribution in [0.15, 0.2) is 28.8 Å². The predicted octanol–water partition coefficient (Wildman–Crippen LogP) is 2.84. The van der Waals surface area contributed by atoms with Crippen molar-refractivity contribution >= 4 is 18.4 Å². The number of hydrogen-bond acceptors (Lipinski definition) is 6. The Labute approximate surface area is 165 Å². The molecule has 0 bridgehead atoms. The van der Waals surface area contributed by atoms with E-state index in [0.717, 1.165) is 43.6 Å². The van der Waals surface area contributed by atoms with Crippen LogP contribution in [-0.4, -0.2) is 63.2 Å². The van der Waals surface area contributed by atoms with E-state index < -0.39 is 5.97 Å². The van der Waals surface area contributed by atoms with Crippen LogP contribution in [0.5, 0.6) is 0 Å². The van der Waals surface area contributed by atoms with Crippen molar-refractivity contribution in [2.24, 2.45) is 0 Å². The van der Waals surface area contributed by atoms with E-state index in [0.29, 0.717) is 24.3 Å². The number of benzene rings is 1. The average Bonchev–Trinajstić information content (AvgIpc) is 3.09. The van der Waals surface area contributed by atoms with Crippen molar-refractivity contribution in [1.82, 2.24) is 19.9 Å². The van der Waals surface area contributed by atoms with Crippen LogP contribution in [0.25, 0.3) is 11.4 Å². The second-order valence-corrected chi connectivity index (χ2v) is 6.85. The third-order valence-electron chi connectivity index (χ3n) is 4.92. The van der Waals surface area contributed by atoms with Crippen molar-refractivity contribution in [3.63, 3.8) is 0 Å². The maximum Gasteiger partial charge on any atom is 0.317 e. The molecular weight excluding hydrogens is 368 g/mol. The van der Waals surface area contributed by atoms with E-state index >= 15 is 0 Å². The molecule has 0 saturated carbocycles. The zero-order chi connectivity index (χ0) is 18.5. The molecule has 0 spiro atoms. The number of aliphatic carboxylic acids is 1. The topological polar surface area (TPSA) is 82.7 Å². The van der Waals surface area contributed by atoms with Crippen molar-refractivity contribution in [3.8, 4) is 11.4 Å². The number of rotatable bonds is 7. The number of aromatic nitrogens is 2. The van der Waals surface area contributed by atoms with Gasteiger partial charge in [-0.3, -0.25) is 14.6 Å². The van der Waals surface area contributed by atoms with Gasteiger partial charge in [0.15, 0.2) is 0 Å². The highest BCUT2D eigenvalue weighted by molar-refractivity contribution is 5.85. The van der Waals surface area contributed by atoms with E-state index in [-0.39, 0.29) is 19.0 Å². The van der Waals surface area contributed by atoms with Crippen LogP contribution in [-0.2, 0) is 11.3 Å². The van der Waals surface area contributed by atoms with Crippen LogP contribution in [0, 0.1) is 6.92 Å². The number of carboxylic acids is 1. The first-order valence-corrected chi connectivity index (χ1v) is 9.13. The minimum Gasteiger partial charge on any atom is -0.480 e. The molecule has 27 heavy (non-hydrogen) atoms. The maximum atomic E-state index is 11.0. The second kappa shape index (κ2) is 9.82. The zero-order valence-electron chi connectivity index (χ0n) is 15.8. The van der Waals surface area contributed by atoms with E-state index in [1.807, 2.05) is 43.0 Å². The summed E-state index contributed by atoms with van der Waals surface area (Å²) in [5.74, 6) is 0.485. The van der Waals surface area contributed by atoms with Crippen LogP contribution in [0.3, 0.4) is 0 Å². The molecule has 1 fully saturated rings. The monoisotopic (exact) mass is 394 g/mol. The maximum absolute atomic E-state index is 11.0. The van der Waals surface area contributed by atoms with Gasteiger partial charge in [-0.15, -0.1) is 12.4 Å². The van der Waals surface area contributed by atoms with Crippen molar-refractivity contribution in [3.05, 3.63) is 35.7 Å². The number of carboxylic acid groups (broad SMARTS) is 1. The number of likely N-dealkylation sites (tertiary alicyclic amines) is 1. The Hall–Kier alpha value is -1.96. The molecule has 1 saturated heterocycles. The number of piperidine rings is 1. The number of hydrogen-bond donors (Lipinski definition) is 1. The second-order valence-electron chi connectivity index (χ2n) is 6.85. The first kappa shape index (κ1) is 21.3. The molecule has 0 radical (unpaired) electrons. The van der Waals surface area contributed by atoms with E-state index in [1.165, 1.54) is 0 Å². The Bertz CT molecular complexity index is 744. The van der Waals surface area contributed by atoms with Crippen LogP contribution < -0.4 is 0 Å². The van der Waals surface area contributed by atoms with Crippen LogP contribution in [0.1, 0.15) is 31.2 Å². The molecular formula is C19H27ClN4O3. The molecule has 1 aliphatic rings. The molecule has 2 heterocycles. The smallest absolute Gasteiger partial charge is 0.317 e. The third kappa shape index (κ3) is 5.76. The summed E-state index contributed by atoms with van der Waals surface area (Å²) in [7, 11) is 0. The molecule has 1 aromatic heterocycles. The largest absolute Gasteiger partial charge is 0.480 e. The lowest BCUT2D eigenvalue weighted by Crippen LogP contribution is -2.46. The Morgan fingerprint density at radius 3 is 2.74 bits per heavy atom. The van der Waals surface area contributed by atoms with E-state index in [1.54, 1.807) is 0 Å². The zero-order valence-corrected chi connectivity index (χ0v) is 16.6. The molecule has 1 aliphatic heterocycles. The molecule has 0 atom stereocenters. The third-order valence-corrected chi connectivity index (χ3v) is 4.92. The lowest BCUT2D eigenvalue weighted by atomic mass is 10.0. The average molecular weight is 395 g/mol. The number of carbonyl (C=O) groups is 1. The van der Waals surface area contributed by atoms with Crippen LogP contribution in [0.4, 0.5) is 0 Å². The highest BCUT2D eigenvalue weighted by Gasteiger charge is 2.26.